The van der Waals surface area contributed by atoms with E-state index in [-0.39, 0.29) is 12.1 Å². The predicted octanol–water partition coefficient (Wildman–Crippen LogP) is 1.31. The molecule has 0 heterocycles. The summed E-state index contributed by atoms with van der Waals surface area (Å²) in [5.41, 5.74) is 13.0. The largest absolute Gasteiger partial charge is 0.446 e. The van der Waals surface area contributed by atoms with E-state index >= 15 is 0 Å². The van der Waals surface area contributed by atoms with Crippen molar-refractivity contribution in [1.82, 2.24) is 0 Å². The van der Waals surface area contributed by atoms with Gasteiger partial charge in [0.2, 0.25) is 0 Å². The summed E-state index contributed by atoms with van der Waals surface area (Å²) >= 11 is 0. The first-order chi connectivity index (χ1) is 5.74. The van der Waals surface area contributed by atoms with Crippen LogP contribution in [0.25, 0.3) is 10.4 Å². The third-order valence-electron chi connectivity index (χ3n) is 1.89. The number of hydrogen-bond acceptors (Lipinski definition) is 3. The summed E-state index contributed by atoms with van der Waals surface area (Å²) in [6.07, 6.45) is 1.27. The highest BCUT2D eigenvalue weighted by Crippen LogP contribution is 2.24. The van der Waals surface area contributed by atoms with Gasteiger partial charge in [-0.25, -0.2) is 4.79 Å². The number of rotatable bonds is 2. The molecule has 12 heavy (non-hydrogen) atoms. The molecule has 0 aromatic rings. The van der Waals surface area contributed by atoms with Crippen LogP contribution in [0.1, 0.15) is 19.3 Å². The summed E-state index contributed by atoms with van der Waals surface area (Å²) in [6, 6.07) is -0.234. The van der Waals surface area contributed by atoms with Gasteiger partial charge < -0.3 is 10.5 Å². The first kappa shape index (κ1) is 8.67. The zero-order valence-corrected chi connectivity index (χ0v) is 6.51. The van der Waals surface area contributed by atoms with E-state index in [1.165, 1.54) is 0 Å². The summed E-state index contributed by atoms with van der Waals surface area (Å²) in [4.78, 5) is 13.0. The topological polar surface area (TPSA) is 101 Å². The molecule has 1 rings (SSSR count). The lowest BCUT2D eigenvalue weighted by molar-refractivity contribution is 0.101. The minimum Gasteiger partial charge on any atom is -0.446 e. The molecule has 0 bridgehead atoms. The zero-order chi connectivity index (χ0) is 8.97. The number of nitrogens with zero attached hydrogens (tertiary/aromatic N) is 3. The standard InChI is InChI=1S/C6H10N4O2/c7-6(11)12-5-3-1-2-4(5)9-10-8/h4-5H,1-3H2,(H2,7,11)/t4-,5-/m1/s1. The molecule has 1 aliphatic rings. The number of hydrogen-bond donors (Lipinski definition) is 1. The fraction of sp³-hybridized carbons (Fsp3) is 0.833. The van der Waals surface area contributed by atoms with Crippen molar-refractivity contribution in [3.63, 3.8) is 0 Å². The van der Waals surface area contributed by atoms with Crippen LogP contribution in [0.3, 0.4) is 0 Å². The maximum absolute atomic E-state index is 10.4. The lowest BCUT2D eigenvalue weighted by Crippen LogP contribution is -2.27. The molecule has 6 heteroatoms. The van der Waals surface area contributed by atoms with E-state index in [1.807, 2.05) is 0 Å². The second kappa shape index (κ2) is 3.82. The van der Waals surface area contributed by atoms with Gasteiger partial charge in [-0.2, -0.15) is 0 Å². The molecule has 0 spiro atoms. The molecular formula is C6H10N4O2. The third kappa shape index (κ3) is 2.03. The molecule has 1 aliphatic carbocycles. The Balaban J connectivity index is 2.51. The van der Waals surface area contributed by atoms with Crippen molar-refractivity contribution in [3.05, 3.63) is 10.4 Å². The lowest BCUT2D eigenvalue weighted by atomic mass is 10.2. The van der Waals surface area contributed by atoms with Gasteiger partial charge in [0.05, 0.1) is 6.04 Å². The zero-order valence-electron chi connectivity index (χ0n) is 6.51. The Morgan fingerprint density at radius 2 is 2.42 bits per heavy atom. The summed E-state index contributed by atoms with van der Waals surface area (Å²) in [6.45, 7) is 0. The lowest BCUT2D eigenvalue weighted by Gasteiger charge is -2.13. The number of carbonyl (C=O) groups is 1. The van der Waals surface area contributed by atoms with Crippen LogP contribution < -0.4 is 5.73 Å². The Morgan fingerprint density at radius 1 is 1.67 bits per heavy atom. The molecule has 0 aromatic carbocycles. The van der Waals surface area contributed by atoms with Crippen molar-refractivity contribution in [1.29, 1.82) is 0 Å². The van der Waals surface area contributed by atoms with Gasteiger partial charge in [0, 0.05) is 4.91 Å². The molecule has 1 saturated carbocycles. The molecule has 0 saturated heterocycles. The number of carbonyl (C=O) groups excluding carboxylic acids is 1. The SMILES string of the molecule is [N-]=[N+]=N[C@@H]1CCC[C@H]1OC(N)=O. The van der Waals surface area contributed by atoms with Crippen LogP contribution in [0.5, 0.6) is 0 Å². The maximum Gasteiger partial charge on any atom is 0.404 e. The Bertz CT molecular complexity index is 224. The minimum absolute atomic E-state index is 0.234. The van der Waals surface area contributed by atoms with E-state index in [2.05, 4.69) is 10.0 Å². The van der Waals surface area contributed by atoms with Crippen molar-refractivity contribution in [2.24, 2.45) is 10.8 Å². The second-order valence-electron chi connectivity index (χ2n) is 2.68. The molecule has 0 unspecified atom stereocenters. The van der Waals surface area contributed by atoms with Gasteiger partial charge >= 0.3 is 6.09 Å². The highest BCUT2D eigenvalue weighted by atomic mass is 16.6. The summed E-state index contributed by atoms with van der Waals surface area (Å²) < 4.78 is 4.75. The van der Waals surface area contributed by atoms with Crippen LogP contribution in [0.4, 0.5) is 4.79 Å². The van der Waals surface area contributed by atoms with Crippen molar-refractivity contribution < 1.29 is 9.53 Å². The van der Waals surface area contributed by atoms with Gasteiger partial charge in [-0.1, -0.05) is 5.11 Å². The maximum atomic E-state index is 10.4. The molecule has 1 amide bonds. The highest BCUT2D eigenvalue weighted by molar-refractivity contribution is 5.64. The monoisotopic (exact) mass is 170 g/mol. The van der Waals surface area contributed by atoms with Gasteiger partial charge in [0.1, 0.15) is 6.10 Å². The quantitative estimate of drug-likeness (QED) is 0.383. The number of nitrogens with two attached hydrogens (primary N) is 1. The van der Waals surface area contributed by atoms with E-state index in [0.717, 1.165) is 19.3 Å². The van der Waals surface area contributed by atoms with E-state index in [1.54, 1.807) is 0 Å². The van der Waals surface area contributed by atoms with E-state index in [0.29, 0.717) is 0 Å². The number of azide groups is 1. The van der Waals surface area contributed by atoms with Crippen LogP contribution in [-0.2, 0) is 4.74 Å². The van der Waals surface area contributed by atoms with E-state index in [9.17, 15) is 4.79 Å². The normalized spacial score (nSPS) is 27.7. The van der Waals surface area contributed by atoms with Gasteiger partial charge in [-0.05, 0) is 24.8 Å². The highest BCUT2D eigenvalue weighted by Gasteiger charge is 2.28. The van der Waals surface area contributed by atoms with Crippen molar-refractivity contribution in [3.8, 4) is 0 Å². The van der Waals surface area contributed by atoms with E-state index in [4.69, 9.17) is 16.0 Å². The average Bonchev–Trinajstić information content (AvgIpc) is 2.37. The Labute approximate surface area is 69.3 Å². The molecule has 2 N–H and O–H groups in total. The van der Waals surface area contributed by atoms with Gasteiger partial charge in [0.15, 0.2) is 0 Å². The minimum atomic E-state index is -0.806. The van der Waals surface area contributed by atoms with Gasteiger partial charge in [-0.3, -0.25) is 0 Å². The van der Waals surface area contributed by atoms with Gasteiger partial charge in [-0.15, -0.1) is 0 Å². The first-order valence-electron chi connectivity index (χ1n) is 3.74. The molecule has 0 radical (unpaired) electrons. The first-order valence-corrected chi connectivity index (χ1v) is 3.74. The van der Waals surface area contributed by atoms with Gasteiger partial charge in [0.25, 0.3) is 0 Å². The molecule has 0 aromatic heterocycles. The fourth-order valence-electron chi connectivity index (χ4n) is 1.39. The second-order valence-corrected chi connectivity index (χ2v) is 2.68. The van der Waals surface area contributed by atoms with Crippen molar-refractivity contribution in [2.75, 3.05) is 0 Å². The third-order valence-corrected chi connectivity index (χ3v) is 1.89. The summed E-state index contributed by atoms with van der Waals surface area (Å²) in [5, 5.41) is 3.51. The number of amides is 1. The molecular weight excluding hydrogens is 160 g/mol. The Morgan fingerprint density at radius 3 is 3.00 bits per heavy atom. The van der Waals surface area contributed by atoms with Crippen LogP contribution in [0.15, 0.2) is 5.11 Å². The van der Waals surface area contributed by atoms with E-state index < -0.39 is 6.09 Å². The number of ether oxygens (including phenoxy) is 1. The van der Waals surface area contributed by atoms with Crippen LogP contribution in [-0.4, -0.2) is 18.2 Å². The smallest absolute Gasteiger partial charge is 0.404 e. The fourth-order valence-corrected chi connectivity index (χ4v) is 1.39. The average molecular weight is 170 g/mol. The summed E-state index contributed by atoms with van der Waals surface area (Å²) in [5.74, 6) is 0. The van der Waals surface area contributed by atoms with Crippen molar-refractivity contribution in [2.45, 2.75) is 31.4 Å². The summed E-state index contributed by atoms with van der Waals surface area (Å²) in [7, 11) is 0. The number of primary amides is 1. The molecule has 2 atom stereocenters. The Kier molecular flexibility index (Phi) is 2.76. The molecule has 0 aliphatic heterocycles. The molecule has 66 valence electrons. The van der Waals surface area contributed by atoms with Crippen LogP contribution in [0, 0.1) is 0 Å². The van der Waals surface area contributed by atoms with Crippen LogP contribution >= 0.6 is 0 Å². The molecule has 1 fully saturated rings. The Hall–Kier alpha value is -1.42. The predicted molar refractivity (Wildman–Crippen MR) is 41.2 cm³/mol. The molecule has 6 nitrogen and oxygen atoms in total. The van der Waals surface area contributed by atoms with Crippen molar-refractivity contribution >= 4 is 6.09 Å². The van der Waals surface area contributed by atoms with Crippen LogP contribution in [0.2, 0.25) is 0 Å².